The quantitative estimate of drug-likeness (QED) is 0.419. The van der Waals surface area contributed by atoms with E-state index in [2.05, 4.69) is 39.5 Å². The fourth-order valence-corrected chi connectivity index (χ4v) is 4.81. The predicted molar refractivity (Wildman–Crippen MR) is 135 cm³/mol. The Morgan fingerprint density at radius 2 is 1.82 bits per heavy atom. The van der Waals surface area contributed by atoms with Crippen LogP contribution < -0.4 is 10.1 Å². The summed E-state index contributed by atoms with van der Waals surface area (Å²) in [6.07, 6.45) is 3.81. The minimum absolute atomic E-state index is 0.263. The number of rotatable bonds is 7. The van der Waals surface area contributed by atoms with Gasteiger partial charge in [0.2, 0.25) is 5.95 Å². The van der Waals surface area contributed by atoms with E-state index in [0.717, 1.165) is 60.7 Å². The highest BCUT2D eigenvalue weighted by atomic mass is 16.5. The molecule has 176 valence electrons. The average molecular weight is 458 g/mol. The normalized spacial score (nSPS) is 16.0. The topological polar surface area (TPSA) is 74.9 Å². The van der Waals surface area contributed by atoms with Crippen LogP contribution in [-0.4, -0.2) is 57.5 Å². The first-order valence-corrected chi connectivity index (χ1v) is 11.9. The molecule has 0 amide bonds. The first-order valence-electron chi connectivity index (χ1n) is 11.9. The van der Waals surface area contributed by atoms with E-state index < -0.39 is 0 Å². The number of hydrogen-bond acceptors (Lipinski definition) is 6. The highest BCUT2D eigenvalue weighted by Crippen LogP contribution is 2.31. The van der Waals surface area contributed by atoms with E-state index >= 15 is 0 Å². The van der Waals surface area contributed by atoms with Crippen LogP contribution in [0.5, 0.6) is 5.75 Å². The van der Waals surface area contributed by atoms with Crippen molar-refractivity contribution in [2.75, 3.05) is 32.1 Å². The van der Waals surface area contributed by atoms with Gasteiger partial charge in [-0.15, -0.1) is 5.10 Å². The fourth-order valence-electron chi connectivity index (χ4n) is 4.81. The van der Waals surface area contributed by atoms with E-state index in [9.17, 15) is 5.11 Å². The Morgan fingerprint density at radius 3 is 2.56 bits per heavy atom. The van der Waals surface area contributed by atoms with Gasteiger partial charge >= 0.3 is 0 Å². The molecule has 34 heavy (non-hydrogen) atoms. The predicted octanol–water partition coefficient (Wildman–Crippen LogP) is 4.71. The molecule has 0 saturated carbocycles. The lowest BCUT2D eigenvalue weighted by Crippen LogP contribution is -2.37. The summed E-state index contributed by atoms with van der Waals surface area (Å²) >= 11 is 0. The summed E-state index contributed by atoms with van der Waals surface area (Å²) < 4.78 is 7.43. The van der Waals surface area contributed by atoms with Crippen molar-refractivity contribution in [3.05, 3.63) is 72.4 Å². The zero-order valence-electron chi connectivity index (χ0n) is 19.7. The number of aliphatic hydroxyl groups excluding tert-OH is 1. The van der Waals surface area contributed by atoms with Crippen LogP contribution in [0, 0.1) is 0 Å². The molecule has 2 N–H and O–H groups in total. The lowest BCUT2D eigenvalue weighted by atomic mass is 9.89. The van der Waals surface area contributed by atoms with E-state index in [-0.39, 0.29) is 6.10 Å². The Labute approximate surface area is 200 Å². The molecule has 0 aliphatic carbocycles. The Bertz CT molecular complexity index is 1240. The number of para-hydroxylation sites is 1. The van der Waals surface area contributed by atoms with Crippen molar-refractivity contribution in [2.45, 2.75) is 31.8 Å². The van der Waals surface area contributed by atoms with Gasteiger partial charge in [0.25, 0.3) is 0 Å². The SMILES string of the molecule is COc1ccccc1-c1ccc2cnc(Nc3ccc(C4CCN(CC(C)O)CC4)cc3)nn12. The molecule has 1 fully saturated rings. The molecular formula is C27H31N5O2. The van der Waals surface area contributed by atoms with E-state index in [1.165, 1.54) is 5.56 Å². The third-order valence-electron chi connectivity index (χ3n) is 6.53. The number of fused-ring (bicyclic) bond motifs is 1. The molecule has 1 atom stereocenters. The van der Waals surface area contributed by atoms with E-state index in [4.69, 9.17) is 9.84 Å². The molecule has 0 bridgehead atoms. The first kappa shape index (κ1) is 22.4. The number of ether oxygens (including phenoxy) is 1. The van der Waals surface area contributed by atoms with Crippen molar-refractivity contribution in [1.29, 1.82) is 0 Å². The maximum absolute atomic E-state index is 9.62. The minimum Gasteiger partial charge on any atom is -0.496 e. The third-order valence-corrected chi connectivity index (χ3v) is 6.53. The zero-order valence-corrected chi connectivity index (χ0v) is 19.7. The second-order valence-corrected chi connectivity index (χ2v) is 9.01. The van der Waals surface area contributed by atoms with Crippen molar-refractivity contribution in [3.63, 3.8) is 0 Å². The number of hydrogen-bond donors (Lipinski definition) is 2. The maximum Gasteiger partial charge on any atom is 0.245 e. The van der Waals surface area contributed by atoms with Crippen molar-refractivity contribution in [1.82, 2.24) is 19.5 Å². The molecule has 1 aliphatic rings. The second-order valence-electron chi connectivity index (χ2n) is 9.01. The summed E-state index contributed by atoms with van der Waals surface area (Å²) in [5.74, 6) is 1.91. The molecule has 7 nitrogen and oxygen atoms in total. The van der Waals surface area contributed by atoms with Gasteiger partial charge in [0.15, 0.2) is 0 Å². The molecule has 1 unspecified atom stereocenters. The summed E-state index contributed by atoms with van der Waals surface area (Å²) in [6.45, 7) is 4.69. The van der Waals surface area contributed by atoms with Gasteiger partial charge in [0, 0.05) is 17.8 Å². The van der Waals surface area contributed by atoms with Crippen molar-refractivity contribution >= 4 is 17.2 Å². The van der Waals surface area contributed by atoms with Crippen molar-refractivity contribution < 1.29 is 9.84 Å². The van der Waals surface area contributed by atoms with Gasteiger partial charge in [0.1, 0.15) is 5.75 Å². The smallest absolute Gasteiger partial charge is 0.245 e. The van der Waals surface area contributed by atoms with Gasteiger partial charge in [-0.05, 0) is 80.7 Å². The van der Waals surface area contributed by atoms with Crippen molar-refractivity contribution in [3.8, 4) is 17.0 Å². The number of likely N-dealkylation sites (tertiary alicyclic amines) is 1. The van der Waals surface area contributed by atoms with Crippen LogP contribution in [0.25, 0.3) is 16.8 Å². The van der Waals surface area contributed by atoms with Crippen LogP contribution in [0.1, 0.15) is 31.2 Å². The summed E-state index contributed by atoms with van der Waals surface area (Å²) in [5.41, 5.74) is 5.18. The van der Waals surface area contributed by atoms with Crippen LogP contribution in [0.4, 0.5) is 11.6 Å². The third kappa shape index (κ3) is 4.76. The molecule has 1 saturated heterocycles. The van der Waals surface area contributed by atoms with Gasteiger partial charge in [-0.1, -0.05) is 24.3 Å². The standard InChI is InChI=1S/C27H31N5O2/c1-19(33)18-31-15-13-21(14-16-31)20-7-9-22(10-8-20)29-27-28-17-23-11-12-25(32(23)30-27)24-5-3-4-6-26(24)34-2/h3-12,17,19,21,33H,13-16,18H2,1-2H3,(H,29,30). The number of aliphatic hydroxyl groups is 1. The highest BCUT2D eigenvalue weighted by molar-refractivity contribution is 5.72. The summed E-state index contributed by atoms with van der Waals surface area (Å²) in [5, 5.41) is 17.7. The minimum atomic E-state index is -0.263. The summed E-state index contributed by atoms with van der Waals surface area (Å²) in [6, 6.07) is 20.6. The highest BCUT2D eigenvalue weighted by Gasteiger charge is 2.21. The molecule has 0 spiro atoms. The molecule has 5 rings (SSSR count). The van der Waals surface area contributed by atoms with Crippen LogP contribution in [-0.2, 0) is 0 Å². The molecule has 3 heterocycles. The number of nitrogens with zero attached hydrogens (tertiary/aromatic N) is 4. The average Bonchev–Trinajstić information content (AvgIpc) is 3.28. The monoisotopic (exact) mass is 457 g/mol. The zero-order chi connectivity index (χ0) is 23.5. The van der Waals surface area contributed by atoms with Gasteiger partial charge in [-0.25, -0.2) is 9.50 Å². The number of piperidine rings is 1. The number of β-amino-alcohol motifs (C(OH)–C–C–N with tert-alkyl or cyclic N) is 1. The number of aromatic nitrogens is 3. The second kappa shape index (κ2) is 9.83. The van der Waals surface area contributed by atoms with Crippen LogP contribution >= 0.6 is 0 Å². The van der Waals surface area contributed by atoms with Crippen LogP contribution in [0.15, 0.2) is 66.9 Å². The Balaban J connectivity index is 1.30. The maximum atomic E-state index is 9.62. The fraction of sp³-hybridized carbons (Fsp3) is 0.333. The first-order chi connectivity index (χ1) is 16.6. The van der Waals surface area contributed by atoms with Gasteiger partial charge in [-0.3, -0.25) is 0 Å². The largest absolute Gasteiger partial charge is 0.496 e. The van der Waals surface area contributed by atoms with Gasteiger partial charge < -0.3 is 20.1 Å². The van der Waals surface area contributed by atoms with E-state index in [1.807, 2.05) is 54.0 Å². The molecule has 1 aliphatic heterocycles. The molecule has 2 aromatic carbocycles. The van der Waals surface area contributed by atoms with E-state index in [0.29, 0.717) is 11.9 Å². The van der Waals surface area contributed by atoms with Crippen LogP contribution in [0.3, 0.4) is 0 Å². The summed E-state index contributed by atoms with van der Waals surface area (Å²) in [4.78, 5) is 6.85. The number of anilines is 2. The molecule has 4 aromatic rings. The molecule has 0 radical (unpaired) electrons. The van der Waals surface area contributed by atoms with Gasteiger partial charge in [0.05, 0.1) is 30.6 Å². The molecule has 2 aromatic heterocycles. The number of benzene rings is 2. The Morgan fingerprint density at radius 1 is 1.06 bits per heavy atom. The Kier molecular flexibility index (Phi) is 6.47. The van der Waals surface area contributed by atoms with Crippen LogP contribution in [0.2, 0.25) is 0 Å². The lowest BCUT2D eigenvalue weighted by Gasteiger charge is -2.32. The molecular weight excluding hydrogens is 426 g/mol. The molecule has 7 heteroatoms. The number of methoxy groups -OCH3 is 1. The Hall–Kier alpha value is -3.42. The summed E-state index contributed by atoms with van der Waals surface area (Å²) in [7, 11) is 1.68. The van der Waals surface area contributed by atoms with Gasteiger partial charge in [-0.2, -0.15) is 0 Å². The lowest BCUT2D eigenvalue weighted by molar-refractivity contribution is 0.109. The number of nitrogens with one attached hydrogen (secondary N) is 1. The van der Waals surface area contributed by atoms with Crippen molar-refractivity contribution in [2.24, 2.45) is 0 Å². The van der Waals surface area contributed by atoms with E-state index in [1.54, 1.807) is 7.11 Å².